The van der Waals surface area contributed by atoms with Gasteiger partial charge in [0.15, 0.2) is 0 Å². The highest BCUT2D eigenvalue weighted by molar-refractivity contribution is 5.78. The van der Waals surface area contributed by atoms with Crippen LogP contribution >= 0.6 is 0 Å². The number of carbonyl (C=O) groups excluding carboxylic acids is 1. The Morgan fingerprint density at radius 3 is 2.19 bits per heavy atom. The molecule has 2 aliphatic rings. The molecule has 2 atom stereocenters. The highest BCUT2D eigenvalue weighted by atomic mass is 16.4. The highest BCUT2D eigenvalue weighted by Crippen LogP contribution is 2.38. The van der Waals surface area contributed by atoms with Crippen molar-refractivity contribution < 1.29 is 24.9 Å². The SMILES string of the molecule is CC1CCC(CNC(=O)N2CC(O)C(O)C2)(C(=O)O)CC1. The highest BCUT2D eigenvalue weighted by Gasteiger charge is 2.42. The first kappa shape index (κ1) is 16.0. The number of aliphatic carboxylic acids is 1. The summed E-state index contributed by atoms with van der Waals surface area (Å²) in [7, 11) is 0. The van der Waals surface area contributed by atoms with Crippen LogP contribution in [-0.2, 0) is 4.79 Å². The molecule has 1 saturated heterocycles. The first-order valence-electron chi connectivity index (χ1n) is 7.46. The smallest absolute Gasteiger partial charge is 0.317 e. The lowest BCUT2D eigenvalue weighted by molar-refractivity contribution is -0.151. The van der Waals surface area contributed by atoms with Gasteiger partial charge in [-0.3, -0.25) is 4.79 Å². The lowest BCUT2D eigenvalue weighted by Crippen LogP contribution is -2.48. The molecule has 7 nitrogen and oxygen atoms in total. The largest absolute Gasteiger partial charge is 0.481 e. The van der Waals surface area contributed by atoms with E-state index in [1.807, 2.05) is 0 Å². The molecule has 0 spiro atoms. The van der Waals surface area contributed by atoms with Gasteiger partial charge in [-0.05, 0) is 31.6 Å². The van der Waals surface area contributed by atoms with Gasteiger partial charge in [0.05, 0.1) is 30.7 Å². The van der Waals surface area contributed by atoms with Crippen LogP contribution in [0.3, 0.4) is 0 Å². The third-order valence-corrected chi connectivity index (χ3v) is 4.81. The molecule has 0 bridgehead atoms. The molecule has 0 aromatic rings. The molecule has 0 aromatic carbocycles. The second kappa shape index (κ2) is 6.19. The van der Waals surface area contributed by atoms with E-state index in [1.54, 1.807) is 0 Å². The number of hydrogen-bond acceptors (Lipinski definition) is 4. The summed E-state index contributed by atoms with van der Waals surface area (Å²) in [5.74, 6) is -0.340. The Morgan fingerprint density at radius 1 is 1.19 bits per heavy atom. The van der Waals surface area contributed by atoms with E-state index in [1.165, 1.54) is 4.90 Å². The molecule has 2 amide bonds. The van der Waals surface area contributed by atoms with Crippen LogP contribution in [0.5, 0.6) is 0 Å². The van der Waals surface area contributed by atoms with E-state index in [0.29, 0.717) is 18.8 Å². The van der Waals surface area contributed by atoms with Crippen molar-refractivity contribution in [3.05, 3.63) is 0 Å². The summed E-state index contributed by atoms with van der Waals surface area (Å²) in [4.78, 5) is 24.9. The predicted octanol–water partition coefficient (Wildman–Crippen LogP) is 0.0145. The lowest BCUT2D eigenvalue weighted by atomic mass is 9.71. The van der Waals surface area contributed by atoms with E-state index < -0.39 is 29.6 Å². The molecular weight excluding hydrogens is 276 g/mol. The Kier molecular flexibility index (Phi) is 4.73. The van der Waals surface area contributed by atoms with Crippen molar-refractivity contribution in [1.29, 1.82) is 0 Å². The second-order valence-corrected chi connectivity index (χ2v) is 6.47. The van der Waals surface area contributed by atoms with Gasteiger partial charge < -0.3 is 25.5 Å². The fourth-order valence-corrected chi connectivity index (χ4v) is 3.07. The molecule has 21 heavy (non-hydrogen) atoms. The topological polar surface area (TPSA) is 110 Å². The van der Waals surface area contributed by atoms with Crippen LogP contribution < -0.4 is 5.32 Å². The summed E-state index contributed by atoms with van der Waals surface area (Å²) in [5, 5.41) is 31.0. The average molecular weight is 300 g/mol. The summed E-state index contributed by atoms with van der Waals surface area (Å²) < 4.78 is 0. The number of aliphatic hydroxyl groups excluding tert-OH is 2. The maximum absolute atomic E-state index is 12.0. The van der Waals surface area contributed by atoms with E-state index in [0.717, 1.165) is 12.8 Å². The quantitative estimate of drug-likeness (QED) is 0.587. The number of likely N-dealkylation sites (tertiary alicyclic amines) is 1. The number of rotatable bonds is 3. The van der Waals surface area contributed by atoms with Gasteiger partial charge in [-0.1, -0.05) is 6.92 Å². The third kappa shape index (κ3) is 3.47. The molecule has 7 heteroatoms. The third-order valence-electron chi connectivity index (χ3n) is 4.81. The fourth-order valence-electron chi connectivity index (χ4n) is 3.07. The summed E-state index contributed by atoms with van der Waals surface area (Å²) in [6, 6.07) is -0.426. The zero-order valence-electron chi connectivity index (χ0n) is 12.3. The summed E-state index contributed by atoms with van der Waals surface area (Å²) in [5.41, 5.74) is -0.890. The zero-order chi connectivity index (χ0) is 15.6. The standard InChI is InChI=1S/C14H24N2O5/c1-9-2-4-14(5-3-9,12(19)20)8-15-13(21)16-6-10(17)11(18)7-16/h9-11,17-18H,2-8H2,1H3,(H,15,21)(H,19,20). The normalized spacial score (nSPS) is 36.5. The number of nitrogens with zero attached hydrogens (tertiary/aromatic N) is 1. The van der Waals surface area contributed by atoms with Crippen molar-refractivity contribution in [3.8, 4) is 0 Å². The van der Waals surface area contributed by atoms with E-state index in [4.69, 9.17) is 0 Å². The number of nitrogens with one attached hydrogen (secondary N) is 1. The lowest BCUT2D eigenvalue weighted by Gasteiger charge is -2.36. The Labute approximate surface area is 123 Å². The van der Waals surface area contributed by atoms with Crippen LogP contribution in [0.4, 0.5) is 4.79 Å². The Bertz CT molecular complexity index is 396. The Morgan fingerprint density at radius 2 is 1.71 bits per heavy atom. The van der Waals surface area contributed by atoms with Crippen LogP contribution in [0.25, 0.3) is 0 Å². The van der Waals surface area contributed by atoms with Gasteiger partial charge in [0.25, 0.3) is 0 Å². The van der Waals surface area contributed by atoms with Gasteiger partial charge in [0.2, 0.25) is 0 Å². The molecule has 1 aliphatic carbocycles. The molecule has 4 N–H and O–H groups in total. The van der Waals surface area contributed by atoms with Crippen molar-refractivity contribution in [2.75, 3.05) is 19.6 Å². The molecule has 0 aromatic heterocycles. The second-order valence-electron chi connectivity index (χ2n) is 6.47. The molecule has 120 valence electrons. The van der Waals surface area contributed by atoms with Crippen molar-refractivity contribution in [1.82, 2.24) is 10.2 Å². The van der Waals surface area contributed by atoms with Crippen molar-refractivity contribution >= 4 is 12.0 Å². The monoisotopic (exact) mass is 300 g/mol. The number of carbonyl (C=O) groups is 2. The summed E-state index contributed by atoms with van der Waals surface area (Å²) in [6.07, 6.45) is 0.968. The van der Waals surface area contributed by atoms with Crippen molar-refractivity contribution in [2.45, 2.75) is 44.8 Å². The molecule has 2 fully saturated rings. The fraction of sp³-hybridized carbons (Fsp3) is 0.857. The van der Waals surface area contributed by atoms with E-state index in [-0.39, 0.29) is 19.6 Å². The minimum atomic E-state index is -0.931. The molecule has 1 saturated carbocycles. The van der Waals surface area contributed by atoms with Crippen LogP contribution in [0.2, 0.25) is 0 Å². The van der Waals surface area contributed by atoms with E-state index in [9.17, 15) is 24.9 Å². The van der Waals surface area contributed by atoms with Crippen LogP contribution in [0.15, 0.2) is 0 Å². The maximum Gasteiger partial charge on any atom is 0.317 e. The van der Waals surface area contributed by atoms with Gasteiger partial charge in [-0.25, -0.2) is 4.79 Å². The molecule has 1 aliphatic heterocycles. The Balaban J connectivity index is 1.90. The van der Waals surface area contributed by atoms with Gasteiger partial charge >= 0.3 is 12.0 Å². The van der Waals surface area contributed by atoms with E-state index >= 15 is 0 Å². The van der Waals surface area contributed by atoms with Crippen LogP contribution in [-0.4, -0.2) is 64.1 Å². The van der Waals surface area contributed by atoms with Crippen LogP contribution in [0.1, 0.15) is 32.6 Å². The first-order chi connectivity index (χ1) is 9.84. The van der Waals surface area contributed by atoms with Crippen LogP contribution in [0, 0.1) is 11.3 Å². The number of carboxylic acids is 1. The van der Waals surface area contributed by atoms with Crippen molar-refractivity contribution in [2.24, 2.45) is 11.3 Å². The molecule has 1 heterocycles. The number of urea groups is 1. The maximum atomic E-state index is 12.0. The minimum Gasteiger partial charge on any atom is -0.481 e. The van der Waals surface area contributed by atoms with Gasteiger partial charge in [-0.2, -0.15) is 0 Å². The zero-order valence-corrected chi connectivity index (χ0v) is 12.3. The molecule has 2 rings (SSSR count). The number of amides is 2. The van der Waals surface area contributed by atoms with Gasteiger partial charge in [-0.15, -0.1) is 0 Å². The minimum absolute atomic E-state index is 0.0735. The number of carboxylic acid groups (broad SMARTS) is 1. The van der Waals surface area contributed by atoms with Gasteiger partial charge in [0, 0.05) is 6.54 Å². The molecule has 2 unspecified atom stereocenters. The van der Waals surface area contributed by atoms with E-state index in [2.05, 4.69) is 12.2 Å². The summed E-state index contributed by atoms with van der Waals surface area (Å²) in [6.45, 7) is 2.35. The number of aliphatic hydroxyl groups is 2. The number of β-amino-alcohol motifs (C(OH)–C–C–N with tert-alkyl or cyclic N) is 2. The first-order valence-corrected chi connectivity index (χ1v) is 7.46. The average Bonchev–Trinajstić information content (AvgIpc) is 2.78. The van der Waals surface area contributed by atoms with Crippen molar-refractivity contribution in [3.63, 3.8) is 0 Å². The Hall–Kier alpha value is -1.34. The molecule has 0 radical (unpaired) electrons. The number of hydrogen-bond donors (Lipinski definition) is 4. The summed E-state index contributed by atoms with van der Waals surface area (Å²) >= 11 is 0. The predicted molar refractivity (Wildman–Crippen MR) is 74.7 cm³/mol. The van der Waals surface area contributed by atoms with Gasteiger partial charge in [0.1, 0.15) is 0 Å². The molecular formula is C14H24N2O5.